The van der Waals surface area contributed by atoms with Gasteiger partial charge in [-0.25, -0.2) is 0 Å². The molecule has 1 spiro atoms. The predicted octanol–water partition coefficient (Wildman–Crippen LogP) is 3.73. The van der Waals surface area contributed by atoms with E-state index < -0.39 is 11.7 Å². The Bertz CT molecular complexity index is 1230. The molecule has 1 fully saturated rings. The van der Waals surface area contributed by atoms with Crippen LogP contribution < -0.4 is 0 Å². The van der Waals surface area contributed by atoms with Gasteiger partial charge in [-0.2, -0.15) is 23.1 Å². The summed E-state index contributed by atoms with van der Waals surface area (Å²) in [6.07, 6.45) is -1.31. The summed E-state index contributed by atoms with van der Waals surface area (Å²) in [5, 5.41) is 29.5. The van der Waals surface area contributed by atoms with Crippen molar-refractivity contribution in [2.75, 3.05) is 0 Å². The molecule has 156 valence electrons. The molecule has 5 rings (SSSR count). The van der Waals surface area contributed by atoms with Crippen LogP contribution in [-0.4, -0.2) is 34.8 Å². The standard InChI is InChI=1S/C18H11F3N8S2/c19-18(20,21)12-2-1-10(11(5-12)7-22)8-30-16-24-17(3-4-17)13-6-14(25-26-15(13)31-16)29-9-23-27-28-29/h1-2,5-6,9H,3-4,8H2. The van der Waals surface area contributed by atoms with E-state index in [1.54, 1.807) is 0 Å². The van der Waals surface area contributed by atoms with Crippen LogP contribution in [0.3, 0.4) is 0 Å². The first-order valence-electron chi connectivity index (χ1n) is 9.00. The summed E-state index contributed by atoms with van der Waals surface area (Å²) in [5.41, 5.74) is 0.312. The van der Waals surface area contributed by atoms with Crippen molar-refractivity contribution in [1.82, 2.24) is 30.4 Å². The van der Waals surface area contributed by atoms with Crippen molar-refractivity contribution < 1.29 is 13.2 Å². The van der Waals surface area contributed by atoms with Crippen molar-refractivity contribution in [1.29, 1.82) is 5.26 Å². The molecule has 3 heterocycles. The van der Waals surface area contributed by atoms with E-state index in [0.29, 0.717) is 17.1 Å². The molecule has 1 aliphatic carbocycles. The van der Waals surface area contributed by atoms with Crippen LogP contribution in [-0.2, 0) is 17.5 Å². The summed E-state index contributed by atoms with van der Waals surface area (Å²) >= 11 is 2.74. The molecule has 0 radical (unpaired) electrons. The molecule has 31 heavy (non-hydrogen) atoms. The summed E-state index contributed by atoms with van der Waals surface area (Å²) in [6, 6.07) is 6.97. The summed E-state index contributed by atoms with van der Waals surface area (Å²) in [6.45, 7) is 0. The van der Waals surface area contributed by atoms with Crippen molar-refractivity contribution in [2.24, 2.45) is 4.99 Å². The largest absolute Gasteiger partial charge is 0.416 e. The number of nitriles is 1. The second kappa shape index (κ2) is 7.31. The number of tetrazole rings is 1. The second-order valence-corrected chi connectivity index (χ2v) is 9.16. The predicted molar refractivity (Wildman–Crippen MR) is 106 cm³/mol. The fraction of sp³-hybridized carbons (Fsp3) is 0.278. The Kier molecular flexibility index (Phi) is 4.71. The van der Waals surface area contributed by atoms with E-state index in [2.05, 4.69) is 25.7 Å². The van der Waals surface area contributed by atoms with Crippen LogP contribution in [0.2, 0.25) is 0 Å². The third kappa shape index (κ3) is 3.77. The number of alkyl halides is 3. The van der Waals surface area contributed by atoms with Crippen molar-refractivity contribution in [2.45, 2.75) is 35.3 Å². The van der Waals surface area contributed by atoms with E-state index in [-0.39, 0.29) is 11.1 Å². The molecule has 0 amide bonds. The molecule has 2 aliphatic rings. The normalized spacial score (nSPS) is 16.5. The van der Waals surface area contributed by atoms with Gasteiger partial charge < -0.3 is 0 Å². The van der Waals surface area contributed by atoms with Crippen LogP contribution in [0.1, 0.15) is 35.1 Å². The Hall–Kier alpha value is -2.98. The van der Waals surface area contributed by atoms with Crippen molar-refractivity contribution >= 4 is 27.9 Å². The van der Waals surface area contributed by atoms with Gasteiger partial charge in [0.1, 0.15) is 15.7 Å². The van der Waals surface area contributed by atoms with E-state index in [4.69, 9.17) is 4.99 Å². The fourth-order valence-corrected chi connectivity index (χ4v) is 5.43. The van der Waals surface area contributed by atoms with E-state index in [1.807, 2.05) is 12.1 Å². The second-order valence-electron chi connectivity index (χ2n) is 6.96. The molecule has 0 bridgehead atoms. The van der Waals surface area contributed by atoms with Gasteiger partial charge in [-0.05, 0) is 58.8 Å². The topological polar surface area (TPSA) is 106 Å². The quantitative estimate of drug-likeness (QED) is 0.582. The van der Waals surface area contributed by atoms with Crippen molar-refractivity contribution in [3.63, 3.8) is 0 Å². The number of aromatic nitrogens is 6. The molecule has 3 aromatic rings. The van der Waals surface area contributed by atoms with E-state index in [9.17, 15) is 18.4 Å². The lowest BCUT2D eigenvalue weighted by Crippen LogP contribution is -2.16. The Balaban J connectivity index is 1.37. The van der Waals surface area contributed by atoms with Gasteiger partial charge in [0.05, 0.1) is 22.7 Å². The fourth-order valence-electron chi connectivity index (χ4n) is 3.18. The lowest BCUT2D eigenvalue weighted by Gasteiger charge is -2.21. The number of hydrogen-bond donors (Lipinski definition) is 0. The van der Waals surface area contributed by atoms with Gasteiger partial charge in [0.25, 0.3) is 0 Å². The van der Waals surface area contributed by atoms with E-state index in [0.717, 1.165) is 39.9 Å². The van der Waals surface area contributed by atoms with E-state index in [1.165, 1.54) is 40.6 Å². The van der Waals surface area contributed by atoms with Gasteiger partial charge in [-0.1, -0.05) is 17.8 Å². The maximum absolute atomic E-state index is 12.9. The molecule has 0 saturated heterocycles. The molecule has 2 aromatic heterocycles. The smallest absolute Gasteiger partial charge is 0.260 e. The monoisotopic (exact) mass is 460 g/mol. The third-order valence-corrected chi connectivity index (χ3v) is 7.11. The van der Waals surface area contributed by atoms with Crippen molar-refractivity contribution in [3.8, 4) is 11.9 Å². The number of benzene rings is 1. The van der Waals surface area contributed by atoms with Gasteiger partial charge in [-0.3, -0.25) is 4.99 Å². The Morgan fingerprint density at radius 2 is 2.06 bits per heavy atom. The number of thioether (sulfide) groups is 2. The van der Waals surface area contributed by atoms with Crippen LogP contribution in [0.15, 0.2) is 40.6 Å². The van der Waals surface area contributed by atoms with Crippen molar-refractivity contribution in [3.05, 3.63) is 52.8 Å². The molecule has 1 aliphatic heterocycles. The molecular weight excluding hydrogens is 449 g/mol. The third-order valence-electron chi connectivity index (χ3n) is 4.95. The number of hydrogen-bond acceptors (Lipinski definition) is 9. The van der Waals surface area contributed by atoms with Gasteiger partial charge in [0, 0.05) is 11.3 Å². The first kappa shape index (κ1) is 20.0. The summed E-state index contributed by atoms with van der Waals surface area (Å²) in [7, 11) is 0. The van der Waals surface area contributed by atoms with E-state index >= 15 is 0 Å². The zero-order valence-electron chi connectivity index (χ0n) is 15.5. The molecule has 0 atom stereocenters. The molecule has 1 aromatic carbocycles. The van der Waals surface area contributed by atoms with Gasteiger partial charge in [0.15, 0.2) is 5.82 Å². The highest BCUT2D eigenvalue weighted by Crippen LogP contribution is 2.56. The Morgan fingerprint density at radius 3 is 2.74 bits per heavy atom. The lowest BCUT2D eigenvalue weighted by atomic mass is 10.1. The number of fused-ring (bicyclic) bond motifs is 2. The highest BCUT2D eigenvalue weighted by atomic mass is 32.2. The Labute approximate surface area is 182 Å². The summed E-state index contributed by atoms with van der Waals surface area (Å²) in [5.74, 6) is 0.833. The minimum atomic E-state index is -4.48. The summed E-state index contributed by atoms with van der Waals surface area (Å²) < 4.78 is 40.9. The highest BCUT2D eigenvalue weighted by Gasteiger charge is 2.49. The van der Waals surface area contributed by atoms with Crippen LogP contribution in [0.4, 0.5) is 13.2 Å². The number of rotatable bonds is 3. The van der Waals surface area contributed by atoms with Crippen LogP contribution in [0, 0.1) is 11.3 Å². The van der Waals surface area contributed by atoms with Crippen LogP contribution >= 0.6 is 23.5 Å². The summed E-state index contributed by atoms with van der Waals surface area (Å²) in [4.78, 5) is 4.87. The first-order valence-corrected chi connectivity index (χ1v) is 10.8. The molecule has 1 saturated carbocycles. The van der Waals surface area contributed by atoms with Gasteiger partial charge in [-0.15, -0.1) is 15.3 Å². The lowest BCUT2D eigenvalue weighted by molar-refractivity contribution is -0.137. The molecule has 0 unspecified atom stereocenters. The molecule has 0 N–H and O–H groups in total. The minimum absolute atomic E-state index is 0.0103. The number of aliphatic imine (C=N–C) groups is 1. The van der Waals surface area contributed by atoms with Crippen LogP contribution in [0.25, 0.3) is 5.82 Å². The average molecular weight is 460 g/mol. The minimum Gasteiger partial charge on any atom is -0.260 e. The first-order chi connectivity index (χ1) is 14.9. The maximum atomic E-state index is 12.9. The van der Waals surface area contributed by atoms with Gasteiger partial charge in [0.2, 0.25) is 0 Å². The molecule has 13 heteroatoms. The Morgan fingerprint density at radius 1 is 1.23 bits per heavy atom. The zero-order valence-corrected chi connectivity index (χ0v) is 17.2. The molecular formula is C18H11F3N8S2. The van der Waals surface area contributed by atoms with Crippen LogP contribution in [0.5, 0.6) is 0 Å². The highest BCUT2D eigenvalue weighted by molar-refractivity contribution is 8.38. The number of halogens is 3. The zero-order chi connectivity index (χ0) is 21.6. The van der Waals surface area contributed by atoms with Gasteiger partial charge >= 0.3 is 6.18 Å². The molecule has 8 nitrogen and oxygen atoms in total. The number of nitrogens with zero attached hydrogens (tertiary/aromatic N) is 8. The maximum Gasteiger partial charge on any atom is 0.416 e. The average Bonchev–Trinajstić information content (AvgIpc) is 3.30. The SMILES string of the molecule is N#Cc1cc(C(F)(F)F)ccc1CSC1=NC2(CC2)c2cc(-n3cnnn3)nnc2S1.